The van der Waals surface area contributed by atoms with Crippen LogP contribution in [0.25, 0.3) is 10.9 Å². The summed E-state index contributed by atoms with van der Waals surface area (Å²) in [6, 6.07) is 10.0. The molecule has 0 aliphatic heterocycles. The quantitative estimate of drug-likeness (QED) is 0.910. The van der Waals surface area contributed by atoms with E-state index in [0.717, 1.165) is 42.3 Å². The van der Waals surface area contributed by atoms with Gasteiger partial charge >= 0.3 is 0 Å². The van der Waals surface area contributed by atoms with E-state index in [0.29, 0.717) is 5.69 Å². The molecule has 112 valence electrons. The molecule has 2 N–H and O–H groups in total. The van der Waals surface area contributed by atoms with E-state index < -0.39 is 0 Å². The first-order valence-electron chi connectivity index (χ1n) is 7.61. The Morgan fingerprint density at radius 3 is 2.76 bits per heavy atom. The number of pyridine rings is 1. The van der Waals surface area contributed by atoms with Crippen molar-refractivity contribution in [2.75, 3.05) is 11.9 Å². The van der Waals surface area contributed by atoms with Gasteiger partial charge in [-0.15, -0.1) is 0 Å². The summed E-state index contributed by atoms with van der Waals surface area (Å²) < 4.78 is 0. The Hall–Kier alpha value is -1.65. The Bertz CT molecular complexity index is 629. The van der Waals surface area contributed by atoms with E-state index in [1.165, 1.54) is 0 Å². The predicted molar refractivity (Wildman–Crippen MR) is 84.3 cm³/mol. The summed E-state index contributed by atoms with van der Waals surface area (Å²) in [6.45, 7) is -0.0705. The van der Waals surface area contributed by atoms with Crippen LogP contribution in [0.15, 0.2) is 30.3 Å². The second kappa shape index (κ2) is 6.00. The Morgan fingerprint density at radius 1 is 1.24 bits per heavy atom. The maximum atomic E-state index is 10.3. The fraction of sp³-hybridized carbons (Fsp3) is 0.471. The molecule has 3 rings (SSSR count). The highest BCUT2D eigenvalue weighted by atomic mass is 16.3. The summed E-state index contributed by atoms with van der Waals surface area (Å²) in [4.78, 5) is 6.62. The van der Waals surface area contributed by atoms with Gasteiger partial charge in [0.2, 0.25) is 0 Å². The van der Waals surface area contributed by atoms with E-state index in [2.05, 4.69) is 9.88 Å². The zero-order valence-corrected chi connectivity index (χ0v) is 12.4. The van der Waals surface area contributed by atoms with E-state index in [-0.39, 0.29) is 18.8 Å². The van der Waals surface area contributed by atoms with Gasteiger partial charge in [0, 0.05) is 18.1 Å². The SMILES string of the molecule is CN(c1cc(CO)nc2ccccc12)C1CCCCC1O. The first-order chi connectivity index (χ1) is 10.2. The van der Waals surface area contributed by atoms with Crippen LogP contribution in [0.3, 0.4) is 0 Å². The third kappa shape index (κ3) is 2.74. The molecule has 21 heavy (non-hydrogen) atoms. The van der Waals surface area contributed by atoms with E-state index in [9.17, 15) is 10.2 Å². The fourth-order valence-corrected chi connectivity index (χ4v) is 3.31. The number of fused-ring (bicyclic) bond motifs is 1. The van der Waals surface area contributed by atoms with Crippen molar-refractivity contribution in [3.8, 4) is 0 Å². The van der Waals surface area contributed by atoms with Crippen molar-refractivity contribution < 1.29 is 10.2 Å². The highest BCUT2D eigenvalue weighted by molar-refractivity contribution is 5.92. The minimum atomic E-state index is -0.284. The molecule has 1 aliphatic rings. The molecule has 4 nitrogen and oxygen atoms in total. The van der Waals surface area contributed by atoms with Crippen molar-refractivity contribution in [1.82, 2.24) is 4.98 Å². The van der Waals surface area contributed by atoms with Gasteiger partial charge in [0.15, 0.2) is 0 Å². The van der Waals surface area contributed by atoms with Crippen molar-refractivity contribution in [3.63, 3.8) is 0 Å². The van der Waals surface area contributed by atoms with E-state index in [1.54, 1.807) is 0 Å². The molecule has 2 unspecified atom stereocenters. The van der Waals surface area contributed by atoms with Crippen LogP contribution < -0.4 is 4.90 Å². The number of likely N-dealkylation sites (N-methyl/N-ethyl adjacent to an activating group) is 1. The average molecular weight is 286 g/mol. The van der Waals surface area contributed by atoms with Crippen LogP contribution >= 0.6 is 0 Å². The lowest BCUT2D eigenvalue weighted by Gasteiger charge is -2.37. The minimum absolute atomic E-state index is 0.0705. The molecule has 0 amide bonds. The molecular weight excluding hydrogens is 264 g/mol. The highest BCUT2D eigenvalue weighted by Gasteiger charge is 2.27. The zero-order chi connectivity index (χ0) is 14.8. The summed E-state index contributed by atoms with van der Waals surface area (Å²) in [5.41, 5.74) is 2.59. The molecule has 1 saturated carbocycles. The van der Waals surface area contributed by atoms with Crippen molar-refractivity contribution in [1.29, 1.82) is 0 Å². The number of hydrogen-bond donors (Lipinski definition) is 2. The lowest BCUT2D eigenvalue weighted by molar-refractivity contribution is 0.106. The molecule has 1 aromatic carbocycles. The zero-order valence-electron chi connectivity index (χ0n) is 12.4. The summed E-state index contributed by atoms with van der Waals surface area (Å²) in [6.07, 6.45) is 3.84. The fourth-order valence-electron chi connectivity index (χ4n) is 3.31. The predicted octanol–water partition coefficient (Wildman–Crippen LogP) is 2.47. The van der Waals surface area contributed by atoms with Crippen LogP contribution in [0.4, 0.5) is 5.69 Å². The van der Waals surface area contributed by atoms with Gasteiger partial charge in [0.1, 0.15) is 0 Å². The highest BCUT2D eigenvalue weighted by Crippen LogP contribution is 2.31. The van der Waals surface area contributed by atoms with Gasteiger partial charge in [-0.3, -0.25) is 4.98 Å². The molecule has 0 saturated heterocycles. The molecule has 1 heterocycles. The lowest BCUT2D eigenvalue weighted by atomic mass is 9.91. The standard InChI is InChI=1S/C17H22N2O2/c1-19(15-8-4-5-9-17(15)21)16-10-12(11-20)18-14-7-3-2-6-13(14)16/h2-3,6-7,10,15,17,20-21H,4-5,8-9,11H2,1H3. The van der Waals surface area contributed by atoms with Crippen LogP contribution in [0.5, 0.6) is 0 Å². The van der Waals surface area contributed by atoms with Gasteiger partial charge in [-0.2, -0.15) is 0 Å². The van der Waals surface area contributed by atoms with Crippen molar-refractivity contribution in [3.05, 3.63) is 36.0 Å². The van der Waals surface area contributed by atoms with Crippen molar-refractivity contribution >= 4 is 16.6 Å². The molecule has 0 spiro atoms. The smallest absolute Gasteiger partial charge is 0.0854 e. The third-order valence-corrected chi connectivity index (χ3v) is 4.48. The second-order valence-electron chi connectivity index (χ2n) is 5.84. The monoisotopic (exact) mass is 286 g/mol. The van der Waals surface area contributed by atoms with Crippen molar-refractivity contribution in [2.45, 2.75) is 44.4 Å². The number of aliphatic hydroxyl groups excluding tert-OH is 2. The maximum Gasteiger partial charge on any atom is 0.0854 e. The minimum Gasteiger partial charge on any atom is -0.391 e. The Balaban J connectivity index is 2.05. The normalized spacial score (nSPS) is 22.4. The molecular formula is C17H22N2O2. The number of anilines is 1. The van der Waals surface area contributed by atoms with Gasteiger partial charge in [-0.1, -0.05) is 31.0 Å². The summed E-state index contributed by atoms with van der Waals surface area (Å²) in [5.74, 6) is 0. The molecule has 2 aromatic rings. The van der Waals surface area contributed by atoms with Crippen LogP contribution in [0.2, 0.25) is 0 Å². The van der Waals surface area contributed by atoms with Crippen molar-refractivity contribution in [2.24, 2.45) is 0 Å². The number of hydrogen-bond acceptors (Lipinski definition) is 4. The first kappa shape index (κ1) is 14.3. The Labute approximate surface area is 125 Å². The van der Waals surface area contributed by atoms with Gasteiger partial charge in [-0.25, -0.2) is 0 Å². The van der Waals surface area contributed by atoms with Gasteiger partial charge < -0.3 is 15.1 Å². The van der Waals surface area contributed by atoms with E-state index >= 15 is 0 Å². The Morgan fingerprint density at radius 2 is 2.00 bits per heavy atom. The van der Waals surface area contributed by atoms with Crippen LogP contribution in [0, 0.1) is 0 Å². The van der Waals surface area contributed by atoms with Gasteiger partial charge in [0.25, 0.3) is 0 Å². The number of nitrogens with zero attached hydrogens (tertiary/aromatic N) is 2. The largest absolute Gasteiger partial charge is 0.391 e. The average Bonchev–Trinajstić information content (AvgIpc) is 2.53. The number of rotatable bonds is 3. The third-order valence-electron chi connectivity index (χ3n) is 4.48. The maximum absolute atomic E-state index is 10.3. The topological polar surface area (TPSA) is 56.6 Å². The van der Waals surface area contributed by atoms with E-state index in [1.807, 2.05) is 37.4 Å². The molecule has 1 aliphatic carbocycles. The Kier molecular flexibility index (Phi) is 4.08. The second-order valence-corrected chi connectivity index (χ2v) is 5.84. The van der Waals surface area contributed by atoms with E-state index in [4.69, 9.17) is 0 Å². The van der Waals surface area contributed by atoms with Gasteiger partial charge in [-0.05, 0) is 25.0 Å². The first-order valence-corrected chi connectivity index (χ1v) is 7.61. The summed E-state index contributed by atoms with van der Waals surface area (Å²) in [5, 5.41) is 20.8. The number of benzene rings is 1. The molecule has 0 radical (unpaired) electrons. The molecule has 1 aromatic heterocycles. The summed E-state index contributed by atoms with van der Waals surface area (Å²) >= 11 is 0. The van der Waals surface area contributed by atoms with Crippen LogP contribution in [0.1, 0.15) is 31.4 Å². The van der Waals surface area contributed by atoms with Gasteiger partial charge in [0.05, 0.1) is 30.0 Å². The number of para-hydroxylation sites is 1. The lowest BCUT2D eigenvalue weighted by Crippen LogP contribution is -2.43. The van der Waals surface area contributed by atoms with Crippen LogP contribution in [-0.4, -0.2) is 34.4 Å². The molecule has 0 bridgehead atoms. The molecule has 2 atom stereocenters. The molecule has 4 heteroatoms. The van der Waals surface area contributed by atoms with Crippen LogP contribution in [-0.2, 0) is 6.61 Å². The molecule has 1 fully saturated rings. The summed E-state index contributed by atoms with van der Waals surface area (Å²) in [7, 11) is 2.03. The number of aliphatic hydroxyl groups is 2. The number of aromatic nitrogens is 1.